The smallest absolute Gasteiger partial charge is 0.346 e. The van der Waals surface area contributed by atoms with Gasteiger partial charge in [-0.15, -0.1) is 0 Å². The van der Waals surface area contributed by atoms with Crippen LogP contribution in [0.1, 0.15) is 52.7 Å². The molecule has 0 radical (unpaired) electrons. The minimum absolute atomic E-state index is 0.149. The molecule has 1 aromatic heterocycles. The molecule has 1 N–H and O–H groups in total. The lowest BCUT2D eigenvalue weighted by Crippen LogP contribution is -2.48. The summed E-state index contributed by atoms with van der Waals surface area (Å²) < 4.78 is 38.8. The van der Waals surface area contributed by atoms with Gasteiger partial charge in [-0.25, -0.2) is 0 Å². The summed E-state index contributed by atoms with van der Waals surface area (Å²) in [5.74, 6) is -0.230. The Morgan fingerprint density at radius 2 is 2.00 bits per heavy atom. The summed E-state index contributed by atoms with van der Waals surface area (Å²) in [5.41, 5.74) is 1.62. The average molecular weight is 446 g/mol. The molecule has 1 fully saturated rings. The Morgan fingerprint density at radius 1 is 1.22 bits per heavy atom. The molecule has 0 spiro atoms. The van der Waals surface area contributed by atoms with Gasteiger partial charge in [0.15, 0.2) is 0 Å². The normalized spacial score (nSPS) is 21.9. The second kappa shape index (κ2) is 8.54. The number of benzene rings is 1. The number of hydrogen-bond acceptors (Lipinski definition) is 4. The number of carbonyl (C=O) groups excluding carboxylic acids is 2. The van der Waals surface area contributed by atoms with Gasteiger partial charge in [0.25, 0.3) is 5.91 Å². The first-order valence-electron chi connectivity index (χ1n) is 10.6. The number of alkyl halides is 3. The molecule has 2 aliphatic heterocycles. The van der Waals surface area contributed by atoms with Crippen LogP contribution in [0.15, 0.2) is 36.7 Å². The number of piperidine rings is 1. The molecule has 0 bridgehead atoms. The van der Waals surface area contributed by atoms with Crippen molar-refractivity contribution in [3.8, 4) is 0 Å². The molecule has 4 rings (SSSR count). The number of amides is 2. The van der Waals surface area contributed by atoms with Crippen molar-refractivity contribution in [1.29, 1.82) is 0 Å². The molecular weight excluding hydrogens is 421 g/mol. The van der Waals surface area contributed by atoms with Crippen LogP contribution >= 0.6 is 0 Å². The molecule has 2 atom stereocenters. The van der Waals surface area contributed by atoms with Gasteiger partial charge in [-0.2, -0.15) is 13.2 Å². The number of fused-ring (bicyclic) bond motifs is 1. The predicted molar refractivity (Wildman–Crippen MR) is 113 cm³/mol. The largest absolute Gasteiger partial charge is 0.417 e. The van der Waals surface area contributed by atoms with E-state index in [0.717, 1.165) is 37.3 Å². The van der Waals surface area contributed by atoms with Crippen molar-refractivity contribution >= 4 is 17.5 Å². The Bertz CT molecular complexity index is 1040. The minimum atomic E-state index is -4.57. The molecule has 0 aliphatic carbocycles. The van der Waals surface area contributed by atoms with Crippen molar-refractivity contribution in [2.24, 2.45) is 0 Å². The number of carbonyl (C=O) groups is 2. The maximum atomic E-state index is 12.9. The van der Waals surface area contributed by atoms with E-state index in [1.807, 2.05) is 19.2 Å². The van der Waals surface area contributed by atoms with Crippen molar-refractivity contribution in [2.75, 3.05) is 25.5 Å². The zero-order valence-electron chi connectivity index (χ0n) is 17.9. The van der Waals surface area contributed by atoms with Gasteiger partial charge in [0.05, 0.1) is 11.1 Å². The van der Waals surface area contributed by atoms with Gasteiger partial charge in [-0.3, -0.25) is 19.5 Å². The summed E-state index contributed by atoms with van der Waals surface area (Å²) in [6, 6.07) is 6.57. The molecule has 2 amide bonds. The third-order valence-corrected chi connectivity index (χ3v) is 6.29. The van der Waals surface area contributed by atoms with Crippen LogP contribution in [0.5, 0.6) is 0 Å². The predicted octanol–water partition coefficient (Wildman–Crippen LogP) is 3.89. The van der Waals surface area contributed by atoms with Crippen molar-refractivity contribution in [2.45, 2.75) is 44.4 Å². The van der Waals surface area contributed by atoms with Crippen LogP contribution in [0.3, 0.4) is 0 Å². The first kappa shape index (κ1) is 22.3. The Morgan fingerprint density at radius 3 is 2.72 bits per heavy atom. The van der Waals surface area contributed by atoms with Gasteiger partial charge in [-0.1, -0.05) is 13.0 Å². The van der Waals surface area contributed by atoms with Crippen molar-refractivity contribution in [1.82, 2.24) is 14.8 Å². The SMILES string of the molecule is C[C@H]1CN(C2CCN(C)C(=O)C2)Cc2cc(NC(=O)c3cncc(C(F)(F)F)c3)ccc21. The summed E-state index contributed by atoms with van der Waals surface area (Å²) in [4.78, 5) is 32.3. The highest BCUT2D eigenvalue weighted by molar-refractivity contribution is 6.04. The fourth-order valence-electron chi connectivity index (χ4n) is 4.47. The van der Waals surface area contributed by atoms with E-state index in [9.17, 15) is 22.8 Å². The highest BCUT2D eigenvalue weighted by Gasteiger charge is 2.33. The lowest BCUT2D eigenvalue weighted by atomic mass is 9.88. The van der Waals surface area contributed by atoms with Gasteiger partial charge in [-0.05, 0) is 41.7 Å². The molecule has 9 heteroatoms. The maximum absolute atomic E-state index is 12.9. The molecule has 0 saturated carbocycles. The van der Waals surface area contributed by atoms with Gasteiger partial charge in [0.2, 0.25) is 5.91 Å². The first-order valence-corrected chi connectivity index (χ1v) is 10.6. The zero-order valence-corrected chi connectivity index (χ0v) is 17.9. The minimum Gasteiger partial charge on any atom is -0.346 e. The molecular formula is C23H25F3N4O2. The quantitative estimate of drug-likeness (QED) is 0.777. The molecule has 1 aromatic carbocycles. The number of pyridine rings is 1. The van der Waals surface area contributed by atoms with Crippen LogP contribution in [-0.4, -0.2) is 52.8 Å². The van der Waals surface area contributed by atoms with Crippen LogP contribution in [0.4, 0.5) is 18.9 Å². The highest BCUT2D eigenvalue weighted by atomic mass is 19.4. The Labute approximate surface area is 184 Å². The molecule has 170 valence electrons. The number of anilines is 1. The summed E-state index contributed by atoms with van der Waals surface area (Å²) in [6.07, 6.45) is -1.34. The van der Waals surface area contributed by atoms with E-state index in [2.05, 4.69) is 22.1 Å². The molecule has 3 heterocycles. The van der Waals surface area contributed by atoms with Crippen LogP contribution < -0.4 is 5.32 Å². The standard InChI is InChI=1S/C23H25F3N4O2/c1-14-12-30(19-5-6-29(2)21(31)9-19)13-16-8-18(3-4-20(14)16)28-22(32)15-7-17(11-27-10-15)23(24,25)26/h3-4,7-8,10-11,14,19H,5-6,9,12-13H2,1-2H3,(H,28,32)/t14-,19?/m0/s1. The van der Waals surface area contributed by atoms with Crippen molar-refractivity contribution in [3.05, 3.63) is 58.9 Å². The van der Waals surface area contributed by atoms with Crippen LogP contribution in [0, 0.1) is 0 Å². The second-order valence-corrected chi connectivity index (χ2v) is 8.62. The summed E-state index contributed by atoms with van der Waals surface area (Å²) in [7, 11) is 1.82. The van der Waals surface area contributed by atoms with Gasteiger partial charge < -0.3 is 10.2 Å². The molecule has 32 heavy (non-hydrogen) atoms. The van der Waals surface area contributed by atoms with Gasteiger partial charge >= 0.3 is 6.18 Å². The number of halogens is 3. The lowest BCUT2D eigenvalue weighted by molar-refractivity contribution is -0.138. The zero-order chi connectivity index (χ0) is 23.0. The fraction of sp³-hybridized carbons (Fsp3) is 0.435. The Balaban J connectivity index is 1.50. The van der Waals surface area contributed by atoms with Gasteiger partial charge in [0, 0.05) is 57.2 Å². The highest BCUT2D eigenvalue weighted by Crippen LogP contribution is 2.33. The van der Waals surface area contributed by atoms with E-state index in [1.54, 1.807) is 11.0 Å². The number of nitrogens with one attached hydrogen (secondary N) is 1. The molecule has 2 aromatic rings. The van der Waals surface area contributed by atoms with E-state index in [4.69, 9.17) is 0 Å². The molecule has 6 nitrogen and oxygen atoms in total. The van der Waals surface area contributed by atoms with Crippen molar-refractivity contribution < 1.29 is 22.8 Å². The Hall–Kier alpha value is -2.94. The molecule has 1 saturated heterocycles. The fourth-order valence-corrected chi connectivity index (χ4v) is 4.47. The van der Waals surface area contributed by atoms with E-state index < -0.39 is 17.6 Å². The number of aromatic nitrogens is 1. The number of hydrogen-bond donors (Lipinski definition) is 1. The maximum Gasteiger partial charge on any atom is 0.417 e. The summed E-state index contributed by atoms with van der Waals surface area (Å²) >= 11 is 0. The first-order chi connectivity index (χ1) is 15.1. The molecule has 1 unspecified atom stereocenters. The second-order valence-electron chi connectivity index (χ2n) is 8.62. The third-order valence-electron chi connectivity index (χ3n) is 6.29. The topological polar surface area (TPSA) is 65.5 Å². The van der Waals surface area contributed by atoms with Gasteiger partial charge in [0.1, 0.15) is 0 Å². The summed E-state index contributed by atoms with van der Waals surface area (Å²) in [5, 5.41) is 2.68. The van der Waals surface area contributed by atoms with E-state index >= 15 is 0 Å². The van der Waals surface area contributed by atoms with E-state index in [1.165, 1.54) is 5.56 Å². The van der Waals surface area contributed by atoms with E-state index in [0.29, 0.717) is 24.8 Å². The summed E-state index contributed by atoms with van der Waals surface area (Å²) in [6.45, 7) is 4.39. The number of nitrogens with zero attached hydrogens (tertiary/aromatic N) is 3. The number of likely N-dealkylation sites (tertiary alicyclic amines) is 1. The monoisotopic (exact) mass is 446 g/mol. The van der Waals surface area contributed by atoms with E-state index in [-0.39, 0.29) is 23.4 Å². The van der Waals surface area contributed by atoms with Crippen LogP contribution in [0.25, 0.3) is 0 Å². The van der Waals surface area contributed by atoms with Crippen molar-refractivity contribution in [3.63, 3.8) is 0 Å². The third kappa shape index (κ3) is 4.62. The number of rotatable bonds is 3. The molecule has 2 aliphatic rings. The van der Waals surface area contributed by atoms with Crippen LogP contribution in [-0.2, 0) is 17.5 Å². The van der Waals surface area contributed by atoms with Crippen LogP contribution in [0.2, 0.25) is 0 Å². The Kier molecular flexibility index (Phi) is 5.94. The average Bonchev–Trinajstić information content (AvgIpc) is 2.75. The lowest BCUT2D eigenvalue weighted by Gasteiger charge is -2.41.